The van der Waals surface area contributed by atoms with Gasteiger partial charge in [0.2, 0.25) is 5.91 Å². The topological polar surface area (TPSA) is 91.5 Å². The highest BCUT2D eigenvalue weighted by Gasteiger charge is 2.19. The summed E-state index contributed by atoms with van der Waals surface area (Å²) in [6.45, 7) is 3.83. The number of aliphatic hydroxyl groups excluding tert-OH is 1. The zero-order valence-electron chi connectivity index (χ0n) is 10.4. The Bertz CT molecular complexity index is 407. The van der Waals surface area contributed by atoms with E-state index in [0.717, 1.165) is 19.4 Å². The Balaban J connectivity index is 1.73. The van der Waals surface area contributed by atoms with Crippen LogP contribution in [0.15, 0.2) is 4.63 Å². The van der Waals surface area contributed by atoms with Crippen molar-refractivity contribution >= 4 is 5.91 Å². The Morgan fingerprint density at radius 3 is 3.11 bits per heavy atom. The Kier molecular flexibility index (Phi) is 4.27. The van der Waals surface area contributed by atoms with Crippen LogP contribution in [-0.4, -0.2) is 52.0 Å². The summed E-state index contributed by atoms with van der Waals surface area (Å²) in [7, 11) is 0. The molecule has 2 rings (SSSR count). The van der Waals surface area contributed by atoms with E-state index in [2.05, 4.69) is 20.3 Å². The van der Waals surface area contributed by atoms with Crippen LogP contribution in [-0.2, 0) is 11.3 Å². The second kappa shape index (κ2) is 5.92. The van der Waals surface area contributed by atoms with Gasteiger partial charge in [-0.1, -0.05) is 10.3 Å². The normalized spacial score (nSPS) is 20.9. The zero-order chi connectivity index (χ0) is 13.0. The molecule has 1 atom stereocenters. The van der Waals surface area contributed by atoms with Gasteiger partial charge >= 0.3 is 0 Å². The Labute approximate surface area is 105 Å². The number of rotatable bonds is 4. The fourth-order valence-electron chi connectivity index (χ4n) is 2.03. The molecule has 1 aromatic rings. The number of carbonyl (C=O) groups excluding carboxylic acids is 1. The molecular formula is C11H18N4O3. The molecule has 1 saturated heterocycles. The van der Waals surface area contributed by atoms with Gasteiger partial charge in [-0.25, -0.2) is 4.63 Å². The number of piperidine rings is 1. The molecule has 0 bridgehead atoms. The lowest BCUT2D eigenvalue weighted by molar-refractivity contribution is -0.123. The van der Waals surface area contributed by atoms with Crippen molar-refractivity contribution in [3.8, 4) is 0 Å². The van der Waals surface area contributed by atoms with Crippen LogP contribution >= 0.6 is 0 Å². The number of nitrogens with zero attached hydrogens (tertiary/aromatic N) is 3. The van der Waals surface area contributed by atoms with E-state index in [1.54, 1.807) is 6.92 Å². The van der Waals surface area contributed by atoms with Crippen molar-refractivity contribution in [3.63, 3.8) is 0 Å². The first-order chi connectivity index (χ1) is 8.65. The number of amides is 1. The standard InChI is InChI=1S/C11H18N4O3/c1-8-10(14-18-13-8)5-12-11(17)7-15-4-2-3-9(16)6-15/h9,16H,2-7H2,1H3,(H,12,17)/t9-/m1/s1. The molecule has 1 fully saturated rings. The van der Waals surface area contributed by atoms with Gasteiger partial charge in [-0.2, -0.15) is 0 Å². The third-order valence-corrected chi connectivity index (χ3v) is 3.05. The van der Waals surface area contributed by atoms with E-state index in [1.165, 1.54) is 0 Å². The van der Waals surface area contributed by atoms with Crippen molar-refractivity contribution in [2.24, 2.45) is 0 Å². The molecule has 1 aliphatic rings. The minimum absolute atomic E-state index is 0.0773. The highest BCUT2D eigenvalue weighted by atomic mass is 16.6. The first-order valence-electron chi connectivity index (χ1n) is 6.10. The molecule has 18 heavy (non-hydrogen) atoms. The molecule has 1 aliphatic heterocycles. The van der Waals surface area contributed by atoms with Gasteiger partial charge in [-0.05, 0) is 26.3 Å². The highest BCUT2D eigenvalue weighted by molar-refractivity contribution is 5.77. The minimum Gasteiger partial charge on any atom is -0.392 e. The molecule has 2 heterocycles. The largest absolute Gasteiger partial charge is 0.392 e. The Morgan fingerprint density at radius 1 is 1.61 bits per heavy atom. The highest BCUT2D eigenvalue weighted by Crippen LogP contribution is 2.09. The van der Waals surface area contributed by atoms with Gasteiger partial charge in [0.1, 0.15) is 11.4 Å². The number of aryl methyl sites for hydroxylation is 1. The monoisotopic (exact) mass is 254 g/mol. The lowest BCUT2D eigenvalue weighted by Crippen LogP contribution is -2.44. The molecule has 0 aliphatic carbocycles. The molecule has 0 spiro atoms. The summed E-state index contributed by atoms with van der Waals surface area (Å²) in [6, 6.07) is 0. The molecule has 100 valence electrons. The second-order valence-electron chi connectivity index (χ2n) is 4.60. The molecule has 2 N–H and O–H groups in total. The summed E-state index contributed by atoms with van der Waals surface area (Å²) in [5.74, 6) is -0.0773. The number of aromatic nitrogens is 2. The first kappa shape index (κ1) is 13.0. The summed E-state index contributed by atoms with van der Waals surface area (Å²) in [5, 5.41) is 19.6. The fourth-order valence-corrected chi connectivity index (χ4v) is 2.03. The van der Waals surface area contributed by atoms with Crippen molar-refractivity contribution in [1.29, 1.82) is 0 Å². The first-order valence-corrected chi connectivity index (χ1v) is 6.10. The van der Waals surface area contributed by atoms with Crippen LogP contribution < -0.4 is 5.32 Å². The van der Waals surface area contributed by atoms with E-state index in [4.69, 9.17) is 0 Å². The maximum Gasteiger partial charge on any atom is 0.234 e. The lowest BCUT2D eigenvalue weighted by Gasteiger charge is -2.29. The summed E-state index contributed by atoms with van der Waals surface area (Å²) in [6.07, 6.45) is 1.44. The van der Waals surface area contributed by atoms with Gasteiger partial charge in [0.15, 0.2) is 0 Å². The van der Waals surface area contributed by atoms with Crippen molar-refractivity contribution in [2.45, 2.75) is 32.4 Å². The molecule has 1 amide bonds. The maximum atomic E-state index is 11.7. The van der Waals surface area contributed by atoms with Gasteiger partial charge in [-0.3, -0.25) is 9.69 Å². The van der Waals surface area contributed by atoms with Crippen LogP contribution in [0.25, 0.3) is 0 Å². The van der Waals surface area contributed by atoms with E-state index < -0.39 is 0 Å². The van der Waals surface area contributed by atoms with Crippen LogP contribution in [0.5, 0.6) is 0 Å². The predicted molar refractivity (Wildman–Crippen MR) is 62.6 cm³/mol. The molecule has 0 aromatic carbocycles. The third kappa shape index (κ3) is 3.51. The fraction of sp³-hybridized carbons (Fsp3) is 0.727. The molecule has 7 nitrogen and oxygen atoms in total. The van der Waals surface area contributed by atoms with E-state index in [-0.39, 0.29) is 12.0 Å². The maximum absolute atomic E-state index is 11.7. The van der Waals surface area contributed by atoms with Crippen LogP contribution in [0.4, 0.5) is 0 Å². The van der Waals surface area contributed by atoms with Gasteiger partial charge in [0.25, 0.3) is 0 Å². The van der Waals surface area contributed by atoms with Crippen molar-refractivity contribution in [3.05, 3.63) is 11.4 Å². The number of hydrogen-bond acceptors (Lipinski definition) is 6. The molecule has 0 saturated carbocycles. The lowest BCUT2D eigenvalue weighted by atomic mass is 10.1. The average molecular weight is 254 g/mol. The number of nitrogens with one attached hydrogen (secondary N) is 1. The second-order valence-corrected chi connectivity index (χ2v) is 4.60. The zero-order valence-corrected chi connectivity index (χ0v) is 10.4. The van der Waals surface area contributed by atoms with Gasteiger partial charge in [0, 0.05) is 6.54 Å². The quantitative estimate of drug-likeness (QED) is 0.749. The van der Waals surface area contributed by atoms with E-state index in [9.17, 15) is 9.90 Å². The van der Waals surface area contributed by atoms with Crippen LogP contribution in [0.3, 0.4) is 0 Å². The summed E-state index contributed by atoms with van der Waals surface area (Å²) >= 11 is 0. The van der Waals surface area contributed by atoms with Gasteiger partial charge in [-0.15, -0.1) is 0 Å². The predicted octanol–water partition coefficient (Wildman–Crippen LogP) is -0.549. The summed E-state index contributed by atoms with van der Waals surface area (Å²) in [5.41, 5.74) is 1.32. The smallest absolute Gasteiger partial charge is 0.234 e. The van der Waals surface area contributed by atoms with Crippen molar-refractivity contribution in [2.75, 3.05) is 19.6 Å². The number of carbonyl (C=O) groups is 1. The van der Waals surface area contributed by atoms with Crippen LogP contribution in [0, 0.1) is 6.92 Å². The van der Waals surface area contributed by atoms with Crippen molar-refractivity contribution in [1.82, 2.24) is 20.5 Å². The Morgan fingerprint density at radius 2 is 2.44 bits per heavy atom. The average Bonchev–Trinajstić information content (AvgIpc) is 2.72. The number of likely N-dealkylation sites (tertiary alicyclic amines) is 1. The third-order valence-electron chi connectivity index (χ3n) is 3.05. The number of aliphatic hydroxyl groups is 1. The Hall–Kier alpha value is -1.47. The molecular weight excluding hydrogens is 236 g/mol. The number of β-amino-alcohol motifs (C(OH)–C–C–N with tert-alkyl or cyclic N) is 1. The minimum atomic E-state index is -0.312. The van der Waals surface area contributed by atoms with Gasteiger partial charge < -0.3 is 10.4 Å². The summed E-state index contributed by atoms with van der Waals surface area (Å²) in [4.78, 5) is 13.7. The molecule has 0 radical (unpaired) electrons. The van der Waals surface area contributed by atoms with E-state index >= 15 is 0 Å². The van der Waals surface area contributed by atoms with Crippen LogP contribution in [0.2, 0.25) is 0 Å². The SMILES string of the molecule is Cc1nonc1CNC(=O)CN1CCC[C@@H](O)C1. The summed E-state index contributed by atoms with van der Waals surface area (Å²) < 4.78 is 4.55. The molecule has 7 heteroatoms. The molecule has 1 aromatic heterocycles. The number of hydrogen-bond donors (Lipinski definition) is 2. The van der Waals surface area contributed by atoms with E-state index in [0.29, 0.717) is 31.0 Å². The molecule has 0 unspecified atom stereocenters. The van der Waals surface area contributed by atoms with Crippen LogP contribution in [0.1, 0.15) is 24.2 Å². The van der Waals surface area contributed by atoms with E-state index in [1.807, 2.05) is 4.90 Å². The van der Waals surface area contributed by atoms with Crippen molar-refractivity contribution < 1.29 is 14.5 Å². The van der Waals surface area contributed by atoms with Gasteiger partial charge in [0.05, 0.1) is 19.2 Å².